The molecule has 2 atom stereocenters. The molecule has 2 N–H and O–H groups in total. The SMILES string of the molecule is C[C@H]1CN(C(=O)C2CNC2)C[C@H]1CO. The van der Waals surface area contributed by atoms with Crippen LogP contribution < -0.4 is 5.32 Å². The van der Waals surface area contributed by atoms with Gasteiger partial charge in [-0.2, -0.15) is 0 Å². The lowest BCUT2D eigenvalue weighted by atomic mass is 10.00. The summed E-state index contributed by atoms with van der Waals surface area (Å²) in [4.78, 5) is 13.8. The predicted octanol–water partition coefficient (Wildman–Crippen LogP) is -0.707. The Hall–Kier alpha value is -0.610. The first-order valence-corrected chi connectivity index (χ1v) is 5.32. The summed E-state index contributed by atoms with van der Waals surface area (Å²) in [6.07, 6.45) is 0. The van der Waals surface area contributed by atoms with E-state index in [1.54, 1.807) is 0 Å². The van der Waals surface area contributed by atoms with Crippen LogP contribution in [-0.4, -0.2) is 48.7 Å². The van der Waals surface area contributed by atoms with E-state index in [-0.39, 0.29) is 24.3 Å². The van der Waals surface area contributed by atoms with Gasteiger partial charge in [0.05, 0.1) is 5.92 Å². The van der Waals surface area contributed by atoms with Crippen LogP contribution in [-0.2, 0) is 4.79 Å². The number of nitrogens with one attached hydrogen (secondary N) is 1. The quantitative estimate of drug-likeness (QED) is 0.616. The van der Waals surface area contributed by atoms with Gasteiger partial charge in [0.25, 0.3) is 0 Å². The molecule has 0 unspecified atom stereocenters. The molecular weight excluding hydrogens is 180 g/mol. The Morgan fingerprint density at radius 2 is 2.21 bits per heavy atom. The fraction of sp³-hybridized carbons (Fsp3) is 0.900. The smallest absolute Gasteiger partial charge is 0.228 e. The third kappa shape index (κ3) is 1.64. The summed E-state index contributed by atoms with van der Waals surface area (Å²) >= 11 is 0. The van der Waals surface area contributed by atoms with Crippen LogP contribution in [0.5, 0.6) is 0 Å². The average Bonchev–Trinajstić information content (AvgIpc) is 2.43. The van der Waals surface area contributed by atoms with E-state index < -0.39 is 0 Å². The first-order chi connectivity index (χ1) is 6.72. The van der Waals surface area contributed by atoms with Crippen molar-refractivity contribution in [2.24, 2.45) is 17.8 Å². The van der Waals surface area contributed by atoms with E-state index >= 15 is 0 Å². The number of carbonyl (C=O) groups is 1. The van der Waals surface area contributed by atoms with Gasteiger partial charge in [0.15, 0.2) is 0 Å². The van der Waals surface area contributed by atoms with Crippen molar-refractivity contribution in [2.75, 3.05) is 32.8 Å². The largest absolute Gasteiger partial charge is 0.396 e. The van der Waals surface area contributed by atoms with E-state index in [2.05, 4.69) is 12.2 Å². The fourth-order valence-electron chi connectivity index (χ4n) is 2.17. The minimum atomic E-state index is 0.194. The third-order valence-electron chi connectivity index (χ3n) is 3.44. The standard InChI is InChI=1S/C10H18N2O2/c1-7-4-12(5-9(7)6-13)10(14)8-2-11-3-8/h7-9,11,13H,2-6H2,1H3/t7-,9-/m0/s1. The summed E-state index contributed by atoms with van der Waals surface area (Å²) in [6.45, 7) is 5.52. The third-order valence-corrected chi connectivity index (χ3v) is 3.44. The second-order valence-electron chi connectivity index (χ2n) is 4.52. The number of nitrogens with zero attached hydrogens (tertiary/aromatic N) is 1. The molecule has 0 aliphatic carbocycles. The zero-order valence-corrected chi connectivity index (χ0v) is 8.57. The first kappa shape index (κ1) is 9.93. The molecule has 2 heterocycles. The minimum absolute atomic E-state index is 0.194. The van der Waals surface area contributed by atoms with E-state index in [1.807, 2.05) is 4.90 Å². The Morgan fingerprint density at radius 1 is 1.50 bits per heavy atom. The molecule has 14 heavy (non-hydrogen) atoms. The average molecular weight is 198 g/mol. The van der Waals surface area contributed by atoms with Gasteiger partial charge in [-0.1, -0.05) is 6.92 Å². The van der Waals surface area contributed by atoms with Gasteiger partial charge < -0.3 is 15.3 Å². The Bertz CT molecular complexity index is 228. The van der Waals surface area contributed by atoms with E-state index in [0.29, 0.717) is 5.92 Å². The highest BCUT2D eigenvalue weighted by Gasteiger charge is 2.36. The van der Waals surface area contributed by atoms with E-state index in [4.69, 9.17) is 5.11 Å². The maximum atomic E-state index is 11.8. The molecule has 0 aromatic rings. The molecule has 4 nitrogen and oxygen atoms in total. The van der Waals surface area contributed by atoms with Crippen LogP contribution in [0, 0.1) is 17.8 Å². The Balaban J connectivity index is 1.90. The normalized spacial score (nSPS) is 33.1. The summed E-state index contributed by atoms with van der Waals surface area (Å²) in [6, 6.07) is 0. The van der Waals surface area contributed by atoms with Crippen molar-refractivity contribution in [2.45, 2.75) is 6.92 Å². The van der Waals surface area contributed by atoms with Crippen LogP contribution in [0.2, 0.25) is 0 Å². The van der Waals surface area contributed by atoms with Gasteiger partial charge in [-0.25, -0.2) is 0 Å². The highest BCUT2D eigenvalue weighted by Crippen LogP contribution is 2.24. The van der Waals surface area contributed by atoms with Crippen molar-refractivity contribution in [1.29, 1.82) is 0 Å². The molecule has 0 radical (unpaired) electrons. The lowest BCUT2D eigenvalue weighted by Gasteiger charge is -2.30. The van der Waals surface area contributed by atoms with Crippen molar-refractivity contribution in [3.05, 3.63) is 0 Å². The molecule has 0 aromatic heterocycles. The van der Waals surface area contributed by atoms with Crippen molar-refractivity contribution in [3.8, 4) is 0 Å². The Morgan fingerprint density at radius 3 is 2.64 bits per heavy atom. The minimum Gasteiger partial charge on any atom is -0.396 e. The predicted molar refractivity (Wildman–Crippen MR) is 52.7 cm³/mol. The van der Waals surface area contributed by atoms with Crippen LogP contribution >= 0.6 is 0 Å². The molecule has 1 amide bonds. The molecule has 0 bridgehead atoms. The van der Waals surface area contributed by atoms with E-state index in [9.17, 15) is 4.79 Å². The van der Waals surface area contributed by atoms with Gasteiger partial charge in [-0.15, -0.1) is 0 Å². The van der Waals surface area contributed by atoms with Gasteiger partial charge in [0.1, 0.15) is 0 Å². The summed E-state index contributed by atoms with van der Waals surface area (Å²) in [5.74, 6) is 1.19. The molecule has 2 saturated heterocycles. The van der Waals surface area contributed by atoms with Crippen LogP contribution in [0.3, 0.4) is 0 Å². The van der Waals surface area contributed by atoms with Gasteiger partial charge in [-0.3, -0.25) is 4.79 Å². The molecule has 0 aromatic carbocycles. The van der Waals surface area contributed by atoms with Crippen molar-refractivity contribution < 1.29 is 9.90 Å². The van der Waals surface area contributed by atoms with E-state index in [1.165, 1.54) is 0 Å². The lowest BCUT2D eigenvalue weighted by Crippen LogP contribution is -2.51. The summed E-state index contributed by atoms with van der Waals surface area (Å²) in [5, 5.41) is 12.2. The van der Waals surface area contributed by atoms with Crippen LogP contribution in [0.25, 0.3) is 0 Å². The Labute approximate surface area is 84.3 Å². The number of aliphatic hydroxyl groups is 1. The first-order valence-electron chi connectivity index (χ1n) is 5.32. The van der Waals surface area contributed by atoms with Crippen molar-refractivity contribution >= 4 is 5.91 Å². The van der Waals surface area contributed by atoms with Crippen molar-refractivity contribution in [1.82, 2.24) is 10.2 Å². The number of hydrogen-bond acceptors (Lipinski definition) is 3. The number of aliphatic hydroxyl groups excluding tert-OH is 1. The zero-order chi connectivity index (χ0) is 10.1. The fourth-order valence-corrected chi connectivity index (χ4v) is 2.17. The number of hydrogen-bond donors (Lipinski definition) is 2. The van der Waals surface area contributed by atoms with Crippen LogP contribution in [0.1, 0.15) is 6.92 Å². The van der Waals surface area contributed by atoms with Gasteiger partial charge in [-0.05, 0) is 5.92 Å². The van der Waals surface area contributed by atoms with Crippen LogP contribution in [0.4, 0.5) is 0 Å². The highest BCUT2D eigenvalue weighted by atomic mass is 16.3. The zero-order valence-electron chi connectivity index (χ0n) is 8.57. The molecule has 80 valence electrons. The lowest BCUT2D eigenvalue weighted by molar-refractivity contribution is -0.136. The number of rotatable bonds is 2. The highest BCUT2D eigenvalue weighted by molar-refractivity contribution is 5.80. The van der Waals surface area contributed by atoms with Gasteiger partial charge >= 0.3 is 0 Å². The van der Waals surface area contributed by atoms with E-state index in [0.717, 1.165) is 26.2 Å². The summed E-state index contributed by atoms with van der Waals surface area (Å²) in [7, 11) is 0. The van der Waals surface area contributed by atoms with Crippen LogP contribution in [0.15, 0.2) is 0 Å². The molecule has 2 rings (SSSR count). The second kappa shape index (κ2) is 3.87. The molecule has 0 saturated carbocycles. The van der Waals surface area contributed by atoms with Crippen molar-refractivity contribution in [3.63, 3.8) is 0 Å². The maximum Gasteiger partial charge on any atom is 0.228 e. The number of amides is 1. The molecular formula is C10H18N2O2. The topological polar surface area (TPSA) is 52.6 Å². The van der Waals surface area contributed by atoms with Gasteiger partial charge in [0, 0.05) is 38.7 Å². The molecule has 2 aliphatic heterocycles. The maximum absolute atomic E-state index is 11.8. The number of likely N-dealkylation sites (tertiary alicyclic amines) is 1. The second-order valence-corrected chi connectivity index (χ2v) is 4.52. The molecule has 2 aliphatic rings. The summed E-state index contributed by atoms with van der Waals surface area (Å²) < 4.78 is 0. The monoisotopic (exact) mass is 198 g/mol. The summed E-state index contributed by atoms with van der Waals surface area (Å²) in [5.41, 5.74) is 0. The molecule has 2 fully saturated rings. The molecule has 4 heteroatoms. The van der Waals surface area contributed by atoms with Gasteiger partial charge in [0.2, 0.25) is 5.91 Å². The number of carbonyl (C=O) groups excluding carboxylic acids is 1. The Kier molecular flexibility index (Phi) is 2.74. The molecule has 0 spiro atoms.